The monoisotopic (exact) mass is 487 g/mol. The fourth-order valence-electron chi connectivity index (χ4n) is 5.51. The molecule has 34 heavy (non-hydrogen) atoms. The maximum atomic E-state index is 12.8. The Hall–Kier alpha value is -2.18. The zero-order chi connectivity index (χ0) is 25.0. The highest BCUT2D eigenvalue weighted by Crippen LogP contribution is 2.43. The predicted octanol–water partition coefficient (Wildman–Crippen LogP) is 6.22. The number of halogens is 1. The van der Waals surface area contributed by atoms with Crippen molar-refractivity contribution in [2.75, 3.05) is 0 Å². The number of benzene rings is 1. The Bertz CT molecular complexity index is 956. The Balaban J connectivity index is 1.98. The Kier molecular flexibility index (Phi) is 8.58. The fraction of sp³-hybridized carbons (Fsp3) is 0.593. The molecule has 0 spiro atoms. The Morgan fingerprint density at radius 2 is 1.97 bits per heavy atom. The van der Waals surface area contributed by atoms with Crippen molar-refractivity contribution < 1.29 is 14.6 Å². The molecule has 2 aromatic rings. The average Bonchev–Trinajstić information content (AvgIpc) is 3.29. The molecule has 0 radical (unpaired) electrons. The molecule has 1 aromatic carbocycles. The molecule has 0 aliphatic heterocycles. The van der Waals surface area contributed by atoms with Gasteiger partial charge >= 0.3 is 5.97 Å². The number of carboxylic acids is 1. The lowest BCUT2D eigenvalue weighted by Crippen LogP contribution is -2.47. The van der Waals surface area contributed by atoms with Crippen LogP contribution >= 0.6 is 11.6 Å². The number of ether oxygens (including phenoxy) is 1. The van der Waals surface area contributed by atoms with Gasteiger partial charge in [-0.3, -0.25) is 0 Å². The van der Waals surface area contributed by atoms with Gasteiger partial charge in [-0.05, 0) is 60.1 Å². The summed E-state index contributed by atoms with van der Waals surface area (Å²) in [6.45, 7) is 15.0. The first-order chi connectivity index (χ1) is 16.0. The summed E-state index contributed by atoms with van der Waals surface area (Å²) in [5.74, 6) is -0.249. The maximum absolute atomic E-state index is 12.8. The molecule has 0 amide bonds. The van der Waals surface area contributed by atoms with Gasteiger partial charge in [0.15, 0.2) is 6.10 Å². The van der Waals surface area contributed by atoms with E-state index in [0.29, 0.717) is 34.9 Å². The molecule has 3 rings (SSSR count). The standard InChI is InChI=1S/C27H38ClN3O3/c1-17(2)22-12-7-18(3)13-23(22)34-25(26(32)33)24(19(4)31-16-29-15-30-31)27(5,6)14-20-8-10-21(28)11-9-20/h8-11,15-18,22-25H,4,7,12-14H2,1-3,5-6H3,(H,32,33). The highest BCUT2D eigenvalue weighted by atomic mass is 35.5. The number of rotatable bonds is 10. The van der Waals surface area contributed by atoms with E-state index in [1.807, 2.05) is 24.3 Å². The van der Waals surface area contributed by atoms with Crippen LogP contribution in [0.5, 0.6) is 0 Å². The van der Waals surface area contributed by atoms with E-state index in [0.717, 1.165) is 24.8 Å². The maximum Gasteiger partial charge on any atom is 0.333 e. The van der Waals surface area contributed by atoms with Crippen LogP contribution in [-0.4, -0.2) is 38.0 Å². The van der Waals surface area contributed by atoms with Crippen LogP contribution in [0.25, 0.3) is 5.70 Å². The zero-order valence-corrected chi connectivity index (χ0v) is 21.7. The van der Waals surface area contributed by atoms with Crippen molar-refractivity contribution >= 4 is 23.3 Å². The van der Waals surface area contributed by atoms with Gasteiger partial charge in [0.2, 0.25) is 0 Å². The van der Waals surface area contributed by atoms with Gasteiger partial charge in [-0.25, -0.2) is 14.5 Å². The van der Waals surface area contributed by atoms with Gasteiger partial charge in [-0.15, -0.1) is 0 Å². The van der Waals surface area contributed by atoms with Crippen LogP contribution in [-0.2, 0) is 16.0 Å². The topological polar surface area (TPSA) is 77.2 Å². The second-order valence-electron chi connectivity index (χ2n) is 10.9. The normalized spacial score (nSPS) is 23.0. The molecule has 1 aliphatic rings. The van der Waals surface area contributed by atoms with Crippen LogP contribution in [0.4, 0.5) is 0 Å². The number of nitrogens with zero attached hydrogens (tertiary/aromatic N) is 3. The van der Waals surface area contributed by atoms with Crippen LogP contribution in [0.2, 0.25) is 5.02 Å². The molecule has 1 N–H and O–H groups in total. The molecule has 1 heterocycles. The summed E-state index contributed by atoms with van der Waals surface area (Å²) in [7, 11) is 0. The minimum atomic E-state index is -1.06. The highest BCUT2D eigenvalue weighted by molar-refractivity contribution is 6.30. The molecule has 7 heteroatoms. The first kappa shape index (κ1) is 26.4. The van der Waals surface area contributed by atoms with Gasteiger partial charge < -0.3 is 9.84 Å². The summed E-state index contributed by atoms with van der Waals surface area (Å²) in [4.78, 5) is 16.8. The lowest BCUT2D eigenvalue weighted by atomic mass is 9.69. The van der Waals surface area contributed by atoms with E-state index in [1.54, 1.807) is 11.0 Å². The van der Waals surface area contributed by atoms with Gasteiger partial charge in [-0.1, -0.05) is 71.4 Å². The van der Waals surface area contributed by atoms with E-state index in [9.17, 15) is 9.90 Å². The van der Waals surface area contributed by atoms with Crippen LogP contribution in [0, 0.1) is 29.1 Å². The second-order valence-corrected chi connectivity index (χ2v) is 11.3. The van der Waals surface area contributed by atoms with Crippen LogP contribution in [0.3, 0.4) is 0 Å². The van der Waals surface area contributed by atoms with E-state index < -0.39 is 23.4 Å². The molecule has 1 aromatic heterocycles. The van der Waals surface area contributed by atoms with E-state index in [1.165, 1.54) is 6.33 Å². The van der Waals surface area contributed by atoms with Gasteiger partial charge in [0.1, 0.15) is 12.7 Å². The van der Waals surface area contributed by atoms with Crippen molar-refractivity contribution in [3.05, 3.63) is 54.1 Å². The summed E-state index contributed by atoms with van der Waals surface area (Å²) in [6, 6.07) is 7.67. The van der Waals surface area contributed by atoms with Crippen molar-refractivity contribution in [2.45, 2.75) is 72.5 Å². The number of hydrogen-bond acceptors (Lipinski definition) is 4. The zero-order valence-electron chi connectivity index (χ0n) is 20.9. The fourth-order valence-corrected chi connectivity index (χ4v) is 5.64. The lowest BCUT2D eigenvalue weighted by Gasteiger charge is -2.43. The third kappa shape index (κ3) is 6.28. The van der Waals surface area contributed by atoms with Gasteiger partial charge in [0, 0.05) is 16.6 Å². The molecular formula is C27H38ClN3O3. The number of carboxylic acid groups (broad SMARTS) is 1. The SMILES string of the molecule is C=C(C(C(OC1CC(C)CCC1C(C)C)C(=O)O)C(C)(C)Cc1ccc(Cl)cc1)n1cncn1. The number of aliphatic carboxylic acids is 1. The quantitative estimate of drug-likeness (QED) is 0.430. The van der Waals surface area contributed by atoms with E-state index in [2.05, 4.69) is 51.3 Å². The summed E-state index contributed by atoms with van der Waals surface area (Å²) >= 11 is 6.08. The third-order valence-corrected chi connectivity index (χ3v) is 7.57. The minimum Gasteiger partial charge on any atom is -0.479 e. The third-order valence-electron chi connectivity index (χ3n) is 7.32. The van der Waals surface area contributed by atoms with Gasteiger partial charge in [0.25, 0.3) is 0 Å². The van der Waals surface area contributed by atoms with Crippen molar-refractivity contribution in [3.8, 4) is 0 Å². The van der Waals surface area contributed by atoms with Crippen LogP contribution in [0.1, 0.15) is 59.4 Å². The van der Waals surface area contributed by atoms with E-state index in [4.69, 9.17) is 16.3 Å². The molecular weight excluding hydrogens is 450 g/mol. The van der Waals surface area contributed by atoms with Gasteiger partial charge in [0.05, 0.1) is 6.10 Å². The first-order valence-electron chi connectivity index (χ1n) is 12.2. The molecule has 6 nitrogen and oxygen atoms in total. The molecule has 0 saturated heterocycles. The highest BCUT2D eigenvalue weighted by Gasteiger charge is 2.45. The molecule has 5 atom stereocenters. The summed E-state index contributed by atoms with van der Waals surface area (Å²) in [5.41, 5.74) is 1.13. The smallest absolute Gasteiger partial charge is 0.333 e. The van der Waals surface area contributed by atoms with Gasteiger partial charge in [-0.2, -0.15) is 5.10 Å². The number of carbonyl (C=O) groups is 1. The van der Waals surface area contributed by atoms with E-state index >= 15 is 0 Å². The first-order valence-corrected chi connectivity index (χ1v) is 12.5. The minimum absolute atomic E-state index is 0.109. The van der Waals surface area contributed by atoms with E-state index in [-0.39, 0.29) is 6.10 Å². The largest absolute Gasteiger partial charge is 0.479 e. The summed E-state index contributed by atoms with van der Waals surface area (Å²) in [5, 5.41) is 15.4. The van der Waals surface area contributed by atoms with Crippen LogP contribution < -0.4 is 0 Å². The molecule has 1 fully saturated rings. The van der Waals surface area contributed by atoms with Crippen molar-refractivity contribution in [3.63, 3.8) is 0 Å². The summed E-state index contributed by atoms with van der Waals surface area (Å²) < 4.78 is 8.15. The second kappa shape index (κ2) is 11.0. The van der Waals surface area contributed by atoms with Crippen molar-refractivity contribution in [1.82, 2.24) is 14.8 Å². The lowest BCUT2D eigenvalue weighted by molar-refractivity contribution is -0.169. The van der Waals surface area contributed by atoms with Crippen molar-refractivity contribution in [1.29, 1.82) is 0 Å². The summed E-state index contributed by atoms with van der Waals surface area (Å²) in [6.07, 6.45) is 5.53. The Labute approximate surface area is 208 Å². The predicted molar refractivity (Wildman–Crippen MR) is 135 cm³/mol. The van der Waals surface area contributed by atoms with Crippen LogP contribution in [0.15, 0.2) is 43.5 Å². The molecule has 1 saturated carbocycles. The molecule has 186 valence electrons. The van der Waals surface area contributed by atoms with Crippen molar-refractivity contribution in [2.24, 2.45) is 29.1 Å². The number of hydrogen-bond donors (Lipinski definition) is 1. The Morgan fingerprint density at radius 3 is 2.53 bits per heavy atom. The molecule has 0 bridgehead atoms. The Morgan fingerprint density at radius 1 is 1.29 bits per heavy atom. The number of aromatic nitrogens is 3. The molecule has 5 unspecified atom stereocenters. The average molecular weight is 488 g/mol. The molecule has 1 aliphatic carbocycles.